The van der Waals surface area contributed by atoms with Crippen molar-refractivity contribution in [3.63, 3.8) is 0 Å². The molecule has 0 saturated heterocycles. The van der Waals surface area contributed by atoms with E-state index in [-0.39, 0.29) is 0 Å². The van der Waals surface area contributed by atoms with E-state index < -0.39 is 0 Å². The standard InChI is InChI=1S/C60H35N5/c1-2-15-39(16-3-1)63-49-23-11-6-18-42(49)45-34-38(29-32-52(45)63)59-58(61-47-21-9-10-22-48(47)62-59)37-26-30-40(31-27-37)64-53-33-28-36-14-4-5-17-41(36)55(53)57-54(64)35-46-43-19-7-12-24-50(43)65-51-25-13-8-20-44(51)56(57)60(46)65/h1-35H. The van der Waals surface area contributed by atoms with Crippen LogP contribution in [0.3, 0.4) is 0 Å². The third kappa shape index (κ3) is 4.71. The normalized spacial score (nSPS) is 12.3. The lowest BCUT2D eigenvalue weighted by Gasteiger charge is -2.13. The maximum absolute atomic E-state index is 5.37. The Balaban J connectivity index is 0.973. The van der Waals surface area contributed by atoms with Crippen molar-refractivity contribution in [2.24, 2.45) is 0 Å². The average molecular weight is 826 g/mol. The quantitative estimate of drug-likeness (QED) is 0.177. The molecule has 0 radical (unpaired) electrons. The van der Waals surface area contributed by atoms with E-state index in [0.717, 1.165) is 50.4 Å². The summed E-state index contributed by atoms with van der Waals surface area (Å²) in [5.41, 5.74) is 16.2. The van der Waals surface area contributed by atoms with Crippen LogP contribution in [0.4, 0.5) is 0 Å². The topological polar surface area (TPSA) is 40.0 Å². The van der Waals surface area contributed by atoms with E-state index in [9.17, 15) is 0 Å². The molecular weight excluding hydrogens is 791 g/mol. The number of para-hydroxylation sites is 6. The summed E-state index contributed by atoms with van der Waals surface area (Å²) in [6.07, 6.45) is 0. The van der Waals surface area contributed by atoms with E-state index >= 15 is 0 Å². The Morgan fingerprint density at radius 1 is 0.292 bits per heavy atom. The van der Waals surface area contributed by atoms with E-state index in [2.05, 4.69) is 214 Å². The van der Waals surface area contributed by atoms with Gasteiger partial charge < -0.3 is 13.5 Å². The number of rotatable bonds is 4. The van der Waals surface area contributed by atoms with Gasteiger partial charge in [0.15, 0.2) is 0 Å². The molecule has 300 valence electrons. The second kappa shape index (κ2) is 12.9. The van der Waals surface area contributed by atoms with E-state index in [4.69, 9.17) is 9.97 Å². The van der Waals surface area contributed by atoms with Gasteiger partial charge in [0.25, 0.3) is 0 Å². The van der Waals surface area contributed by atoms with Crippen molar-refractivity contribution in [1.29, 1.82) is 0 Å². The van der Waals surface area contributed by atoms with Crippen molar-refractivity contribution >= 4 is 104 Å². The summed E-state index contributed by atoms with van der Waals surface area (Å²) in [4.78, 5) is 10.7. The smallest absolute Gasteiger partial charge is 0.0973 e. The number of hydrogen-bond donors (Lipinski definition) is 0. The summed E-state index contributed by atoms with van der Waals surface area (Å²) >= 11 is 0. The van der Waals surface area contributed by atoms with Crippen molar-refractivity contribution in [3.8, 4) is 33.9 Å². The van der Waals surface area contributed by atoms with Gasteiger partial charge in [-0.3, -0.25) is 0 Å². The number of nitrogens with zero attached hydrogens (tertiary/aromatic N) is 5. The lowest BCUT2D eigenvalue weighted by atomic mass is 9.99. The molecular formula is C60H35N5. The minimum absolute atomic E-state index is 0.855. The summed E-state index contributed by atoms with van der Waals surface area (Å²) in [5, 5.41) is 12.6. The summed E-state index contributed by atoms with van der Waals surface area (Å²) in [5.74, 6) is 0. The molecule has 5 aromatic heterocycles. The van der Waals surface area contributed by atoms with Crippen LogP contribution >= 0.6 is 0 Å². The monoisotopic (exact) mass is 825 g/mol. The Morgan fingerprint density at radius 3 is 1.60 bits per heavy atom. The highest BCUT2D eigenvalue weighted by Crippen LogP contribution is 2.48. The third-order valence-corrected chi connectivity index (χ3v) is 13.9. The van der Waals surface area contributed by atoms with E-state index in [1.807, 2.05) is 12.1 Å². The van der Waals surface area contributed by atoms with Crippen LogP contribution in [-0.2, 0) is 0 Å². The minimum Gasteiger partial charge on any atom is -0.309 e. The van der Waals surface area contributed by atoms with Crippen molar-refractivity contribution in [3.05, 3.63) is 212 Å². The number of hydrogen-bond acceptors (Lipinski definition) is 2. The fraction of sp³-hybridized carbons (Fsp3) is 0. The first-order valence-corrected chi connectivity index (χ1v) is 22.3. The zero-order valence-electron chi connectivity index (χ0n) is 34.9. The molecule has 10 aromatic carbocycles. The fourth-order valence-corrected chi connectivity index (χ4v) is 11.2. The predicted molar refractivity (Wildman–Crippen MR) is 271 cm³/mol. The van der Waals surface area contributed by atoms with Gasteiger partial charge in [0.2, 0.25) is 0 Å². The van der Waals surface area contributed by atoms with Crippen LogP contribution in [-0.4, -0.2) is 23.5 Å². The highest BCUT2D eigenvalue weighted by molar-refractivity contribution is 6.38. The van der Waals surface area contributed by atoms with Crippen LogP contribution in [0.2, 0.25) is 0 Å². The molecule has 15 rings (SSSR count). The molecule has 0 amide bonds. The second-order valence-corrected chi connectivity index (χ2v) is 17.3. The molecule has 0 atom stereocenters. The van der Waals surface area contributed by atoms with Crippen molar-refractivity contribution in [2.45, 2.75) is 0 Å². The first-order chi connectivity index (χ1) is 32.3. The molecule has 0 N–H and O–H groups in total. The SMILES string of the molecule is c1ccc(-n2c3ccccc3c3cc(-c4nc5ccccc5nc4-c4ccc(-n5c6ccc7ccccc7c6c6c7c8ccccc8n8c9ccccc9c(cc65)c78)cc4)ccc32)cc1. The molecule has 5 heteroatoms. The summed E-state index contributed by atoms with van der Waals surface area (Å²) in [6.45, 7) is 0. The van der Waals surface area contributed by atoms with E-state index in [1.165, 1.54) is 87.0 Å². The van der Waals surface area contributed by atoms with Gasteiger partial charge in [-0.25, -0.2) is 9.97 Å². The molecule has 0 spiro atoms. The number of fused-ring (bicyclic) bond motifs is 16. The average Bonchev–Trinajstić information content (AvgIpc) is 4.10. The zero-order valence-corrected chi connectivity index (χ0v) is 34.9. The Hall–Kier alpha value is -8.80. The van der Waals surface area contributed by atoms with E-state index in [0.29, 0.717) is 0 Å². The minimum atomic E-state index is 0.855. The molecule has 5 nitrogen and oxygen atoms in total. The Kier molecular flexibility index (Phi) is 6.89. The molecule has 0 saturated carbocycles. The van der Waals surface area contributed by atoms with E-state index in [1.54, 1.807) is 0 Å². The van der Waals surface area contributed by atoms with Crippen molar-refractivity contribution in [2.75, 3.05) is 0 Å². The maximum atomic E-state index is 5.37. The van der Waals surface area contributed by atoms with Gasteiger partial charge >= 0.3 is 0 Å². The summed E-state index contributed by atoms with van der Waals surface area (Å²) < 4.78 is 7.32. The summed E-state index contributed by atoms with van der Waals surface area (Å²) in [7, 11) is 0. The van der Waals surface area contributed by atoms with Gasteiger partial charge in [0.1, 0.15) is 0 Å². The lowest BCUT2D eigenvalue weighted by molar-refractivity contribution is 1.18. The van der Waals surface area contributed by atoms with Gasteiger partial charge in [-0.2, -0.15) is 0 Å². The van der Waals surface area contributed by atoms with Crippen LogP contribution < -0.4 is 0 Å². The highest BCUT2D eigenvalue weighted by Gasteiger charge is 2.25. The number of benzene rings is 10. The van der Waals surface area contributed by atoms with Gasteiger partial charge in [0, 0.05) is 65.6 Å². The molecule has 0 unspecified atom stereocenters. The van der Waals surface area contributed by atoms with Crippen molar-refractivity contribution < 1.29 is 0 Å². The Bertz CT molecular complexity index is 4460. The highest BCUT2D eigenvalue weighted by atomic mass is 15.0. The second-order valence-electron chi connectivity index (χ2n) is 17.3. The largest absolute Gasteiger partial charge is 0.309 e. The molecule has 5 heterocycles. The van der Waals surface area contributed by atoms with Crippen LogP contribution in [0.5, 0.6) is 0 Å². The fourth-order valence-electron chi connectivity index (χ4n) is 11.2. The van der Waals surface area contributed by atoms with Gasteiger partial charge in [0.05, 0.1) is 61.0 Å². The first-order valence-electron chi connectivity index (χ1n) is 22.3. The molecule has 15 aromatic rings. The third-order valence-electron chi connectivity index (χ3n) is 13.9. The van der Waals surface area contributed by atoms with Gasteiger partial charge in [-0.1, -0.05) is 133 Å². The van der Waals surface area contributed by atoms with Gasteiger partial charge in [-0.15, -0.1) is 0 Å². The predicted octanol–water partition coefficient (Wildman–Crippen LogP) is 15.5. The lowest BCUT2D eigenvalue weighted by Crippen LogP contribution is -1.97. The molecule has 0 fully saturated rings. The van der Waals surface area contributed by atoms with Crippen LogP contribution in [0.1, 0.15) is 0 Å². The zero-order chi connectivity index (χ0) is 42.3. The maximum Gasteiger partial charge on any atom is 0.0973 e. The number of aromatic nitrogens is 5. The molecule has 65 heavy (non-hydrogen) atoms. The molecule has 0 aliphatic rings. The van der Waals surface area contributed by atoms with Crippen LogP contribution in [0.15, 0.2) is 212 Å². The van der Waals surface area contributed by atoms with Crippen LogP contribution in [0, 0.1) is 0 Å². The van der Waals surface area contributed by atoms with Crippen molar-refractivity contribution in [1.82, 2.24) is 23.5 Å². The van der Waals surface area contributed by atoms with Crippen LogP contribution in [0.25, 0.3) is 137 Å². The summed E-state index contributed by atoms with van der Waals surface area (Å²) in [6, 6.07) is 76.9. The molecule has 0 aliphatic carbocycles. The van der Waals surface area contributed by atoms with Gasteiger partial charge in [-0.05, 0) is 89.6 Å². The molecule has 0 bridgehead atoms. The Labute approximate surface area is 371 Å². The molecule has 0 aliphatic heterocycles. The Morgan fingerprint density at radius 2 is 0.831 bits per heavy atom. The first kappa shape index (κ1) is 34.7.